The van der Waals surface area contributed by atoms with Gasteiger partial charge in [0.15, 0.2) is 11.5 Å². The first-order valence-corrected chi connectivity index (χ1v) is 11.0. The Morgan fingerprint density at radius 3 is 2.29 bits per heavy atom. The minimum absolute atomic E-state index is 0.417. The summed E-state index contributed by atoms with van der Waals surface area (Å²) in [7, 11) is 1.68. The fourth-order valence-electron chi connectivity index (χ4n) is 3.77. The molecular weight excluding hydrogens is 393 g/mol. The van der Waals surface area contributed by atoms with Gasteiger partial charge < -0.3 is 14.8 Å². The lowest BCUT2D eigenvalue weighted by molar-refractivity contribution is -0.706. The molecule has 1 fully saturated rings. The molecule has 0 saturated heterocycles. The molecule has 1 aliphatic rings. The number of nitrogens with two attached hydrogens (primary N) is 1. The second-order valence-electron chi connectivity index (χ2n) is 7.57. The Balaban J connectivity index is 1.57. The molecule has 28 heavy (non-hydrogen) atoms. The van der Waals surface area contributed by atoms with Gasteiger partial charge in [0.25, 0.3) is 0 Å². The Morgan fingerprint density at radius 1 is 0.857 bits per heavy atom. The third-order valence-electron chi connectivity index (χ3n) is 5.44. The van der Waals surface area contributed by atoms with Gasteiger partial charge in [-0.25, -0.2) is 0 Å². The van der Waals surface area contributed by atoms with Crippen LogP contribution in [0, 0.1) is 0 Å². The van der Waals surface area contributed by atoms with Crippen molar-refractivity contribution in [3.05, 3.63) is 57.6 Å². The van der Waals surface area contributed by atoms with E-state index in [4.69, 9.17) is 32.7 Å². The van der Waals surface area contributed by atoms with E-state index < -0.39 is 0 Å². The minimum Gasteiger partial charge on any atom is -0.493 e. The topological polar surface area (TPSA) is 35.1 Å². The number of methoxy groups -OCH3 is 1. The minimum atomic E-state index is 0.417. The lowest BCUT2D eigenvalue weighted by Crippen LogP contribution is -2.88. The quantitative estimate of drug-likeness (QED) is 0.615. The second kappa shape index (κ2) is 10.9. The van der Waals surface area contributed by atoms with Gasteiger partial charge in [0, 0.05) is 5.56 Å². The molecular formula is C23H30Cl2NO2+. The van der Waals surface area contributed by atoms with E-state index in [-0.39, 0.29) is 0 Å². The summed E-state index contributed by atoms with van der Waals surface area (Å²) in [6, 6.07) is 12.5. The summed E-state index contributed by atoms with van der Waals surface area (Å²) in [5, 5.41) is 3.58. The highest BCUT2D eigenvalue weighted by molar-refractivity contribution is 6.42. The van der Waals surface area contributed by atoms with Crippen LogP contribution in [0.5, 0.6) is 11.5 Å². The van der Waals surface area contributed by atoms with Gasteiger partial charge in [0.1, 0.15) is 13.2 Å². The summed E-state index contributed by atoms with van der Waals surface area (Å²) in [4.78, 5) is 0. The van der Waals surface area contributed by atoms with Crippen LogP contribution in [-0.2, 0) is 13.2 Å². The number of benzene rings is 2. The van der Waals surface area contributed by atoms with Crippen LogP contribution in [0.4, 0.5) is 0 Å². The summed E-state index contributed by atoms with van der Waals surface area (Å²) >= 11 is 12.0. The number of quaternary nitrogens is 1. The van der Waals surface area contributed by atoms with Crippen molar-refractivity contribution in [1.82, 2.24) is 0 Å². The number of hydrogen-bond acceptors (Lipinski definition) is 2. The van der Waals surface area contributed by atoms with Gasteiger partial charge in [-0.05, 0) is 61.6 Å². The van der Waals surface area contributed by atoms with Crippen molar-refractivity contribution >= 4 is 23.2 Å². The highest BCUT2D eigenvalue weighted by atomic mass is 35.5. The van der Waals surface area contributed by atoms with Crippen LogP contribution in [-0.4, -0.2) is 13.2 Å². The van der Waals surface area contributed by atoms with Crippen molar-refractivity contribution in [2.75, 3.05) is 7.11 Å². The summed E-state index contributed by atoms with van der Waals surface area (Å²) in [5.41, 5.74) is 2.24. The normalized spacial score (nSPS) is 15.7. The Labute approximate surface area is 178 Å². The third kappa shape index (κ3) is 6.30. The van der Waals surface area contributed by atoms with E-state index in [0.29, 0.717) is 16.7 Å². The predicted molar refractivity (Wildman–Crippen MR) is 116 cm³/mol. The fraction of sp³-hybridized carbons (Fsp3) is 0.478. The molecule has 0 amide bonds. The molecule has 0 spiro atoms. The monoisotopic (exact) mass is 422 g/mol. The average molecular weight is 423 g/mol. The maximum Gasteiger partial charge on any atom is 0.161 e. The zero-order chi connectivity index (χ0) is 19.8. The molecule has 0 atom stereocenters. The summed E-state index contributed by atoms with van der Waals surface area (Å²) < 4.78 is 11.5. The van der Waals surface area contributed by atoms with Crippen LogP contribution in [0.2, 0.25) is 10.0 Å². The SMILES string of the molecule is COc1cc(C[NH2+]C2CCCCCCC2)ccc1OCc1ccc(Cl)c(Cl)c1. The van der Waals surface area contributed by atoms with Crippen LogP contribution >= 0.6 is 23.2 Å². The van der Waals surface area contributed by atoms with Gasteiger partial charge in [-0.15, -0.1) is 0 Å². The Hall–Kier alpha value is -1.42. The standard InChI is InChI=1S/C23H29Cl2NO2/c1-27-23-14-17(15-26-19-7-5-3-2-4-6-8-19)10-12-22(23)28-16-18-9-11-20(24)21(25)13-18/h9-14,19,26H,2-8,15-16H2,1H3/p+1. The molecule has 0 bridgehead atoms. The lowest BCUT2D eigenvalue weighted by Gasteiger charge is -2.18. The van der Waals surface area contributed by atoms with Gasteiger partial charge in [0.2, 0.25) is 0 Å². The Bertz CT molecular complexity index is 758. The molecule has 0 aromatic heterocycles. The highest BCUT2D eigenvalue weighted by Gasteiger charge is 2.15. The summed E-state index contributed by atoms with van der Waals surface area (Å²) in [6.07, 6.45) is 9.60. The molecule has 2 aromatic carbocycles. The largest absolute Gasteiger partial charge is 0.493 e. The van der Waals surface area contributed by atoms with Crippen molar-refractivity contribution < 1.29 is 14.8 Å². The Kier molecular flexibility index (Phi) is 8.32. The summed E-state index contributed by atoms with van der Waals surface area (Å²) in [5.74, 6) is 1.51. The van der Waals surface area contributed by atoms with Crippen molar-refractivity contribution in [3.8, 4) is 11.5 Å². The number of hydrogen-bond donors (Lipinski definition) is 1. The van der Waals surface area contributed by atoms with Crippen LogP contribution in [0.3, 0.4) is 0 Å². The average Bonchev–Trinajstić information content (AvgIpc) is 2.68. The first-order chi connectivity index (χ1) is 13.7. The highest BCUT2D eigenvalue weighted by Crippen LogP contribution is 2.29. The van der Waals surface area contributed by atoms with Gasteiger partial charge in [-0.3, -0.25) is 0 Å². The molecule has 5 heteroatoms. The van der Waals surface area contributed by atoms with Crippen LogP contribution < -0.4 is 14.8 Å². The second-order valence-corrected chi connectivity index (χ2v) is 8.38. The first-order valence-electron chi connectivity index (χ1n) is 10.2. The van der Waals surface area contributed by atoms with Crippen LogP contribution in [0.25, 0.3) is 0 Å². The van der Waals surface area contributed by atoms with Gasteiger partial charge in [-0.2, -0.15) is 0 Å². The fourth-order valence-corrected chi connectivity index (χ4v) is 4.10. The lowest BCUT2D eigenvalue weighted by atomic mass is 9.96. The molecule has 152 valence electrons. The molecule has 0 unspecified atom stereocenters. The van der Waals surface area contributed by atoms with Gasteiger partial charge >= 0.3 is 0 Å². The molecule has 1 aliphatic carbocycles. The third-order valence-corrected chi connectivity index (χ3v) is 6.18. The van der Waals surface area contributed by atoms with E-state index in [1.807, 2.05) is 18.2 Å². The molecule has 3 nitrogen and oxygen atoms in total. The molecule has 1 saturated carbocycles. The van der Waals surface area contributed by atoms with E-state index in [0.717, 1.165) is 29.6 Å². The molecule has 0 heterocycles. The van der Waals surface area contributed by atoms with E-state index in [2.05, 4.69) is 17.4 Å². The molecule has 0 aliphatic heterocycles. The maximum atomic E-state index is 6.08. The van der Waals surface area contributed by atoms with Crippen LogP contribution in [0.1, 0.15) is 56.1 Å². The molecule has 0 radical (unpaired) electrons. The first kappa shape index (κ1) is 21.3. The smallest absolute Gasteiger partial charge is 0.161 e. The number of ether oxygens (including phenoxy) is 2. The maximum absolute atomic E-state index is 6.08. The van der Waals surface area contributed by atoms with Crippen molar-refractivity contribution in [2.24, 2.45) is 0 Å². The van der Waals surface area contributed by atoms with E-state index >= 15 is 0 Å². The van der Waals surface area contributed by atoms with Crippen molar-refractivity contribution in [3.63, 3.8) is 0 Å². The zero-order valence-corrected chi connectivity index (χ0v) is 18.1. The van der Waals surface area contributed by atoms with E-state index in [9.17, 15) is 0 Å². The predicted octanol–water partition coefficient (Wildman–Crippen LogP) is 5.76. The van der Waals surface area contributed by atoms with Gasteiger partial charge in [0.05, 0.1) is 23.2 Å². The van der Waals surface area contributed by atoms with E-state index in [1.165, 1.54) is 50.5 Å². The van der Waals surface area contributed by atoms with Gasteiger partial charge in [-0.1, -0.05) is 48.5 Å². The van der Waals surface area contributed by atoms with Crippen molar-refractivity contribution in [1.29, 1.82) is 0 Å². The molecule has 2 aromatic rings. The zero-order valence-electron chi connectivity index (χ0n) is 16.6. The van der Waals surface area contributed by atoms with Crippen LogP contribution in [0.15, 0.2) is 36.4 Å². The number of rotatable bonds is 7. The summed E-state index contributed by atoms with van der Waals surface area (Å²) in [6.45, 7) is 1.40. The molecule has 3 rings (SSSR count). The Morgan fingerprint density at radius 2 is 1.57 bits per heavy atom. The van der Waals surface area contributed by atoms with E-state index in [1.54, 1.807) is 13.2 Å². The molecule has 2 N–H and O–H groups in total. The number of halogens is 2. The van der Waals surface area contributed by atoms with Crippen molar-refractivity contribution in [2.45, 2.75) is 64.1 Å².